The van der Waals surface area contributed by atoms with Crippen molar-refractivity contribution in [3.8, 4) is 0 Å². The van der Waals surface area contributed by atoms with Crippen molar-refractivity contribution >= 4 is 0 Å². The lowest BCUT2D eigenvalue weighted by Crippen LogP contribution is -2.65. The summed E-state index contributed by atoms with van der Waals surface area (Å²) < 4.78 is 25.3. The van der Waals surface area contributed by atoms with E-state index in [0.717, 1.165) is 49.7 Å². The SMILES string of the molecule is C=C1CC[C@@]2(OC1)O[C@H]1C[C@H]3[C@@H]4CC=C5C[C@@H](O)[C@H](O)[C@@H](O[C@@H]6O[C@H](CO)[C@H](O)[C@H](O)[C@H]6O)[C@]5(C)[C@H]4CC[C@]3(C)[C@H]1[C@@H]2C. The van der Waals surface area contributed by atoms with E-state index in [1.165, 1.54) is 0 Å². The number of hydrogen-bond donors (Lipinski definition) is 6. The van der Waals surface area contributed by atoms with Crippen LogP contribution in [0.3, 0.4) is 0 Å². The van der Waals surface area contributed by atoms with Crippen LogP contribution in [0.4, 0.5) is 0 Å². The highest BCUT2D eigenvalue weighted by molar-refractivity contribution is 5.30. The molecule has 0 amide bonds. The fourth-order valence-corrected chi connectivity index (χ4v) is 11.1. The molecule has 4 aliphatic carbocycles. The van der Waals surface area contributed by atoms with Crippen LogP contribution < -0.4 is 0 Å². The number of allylic oxidation sites excluding steroid dienone is 1. The van der Waals surface area contributed by atoms with E-state index in [0.29, 0.717) is 30.8 Å². The number of fused-ring (bicyclic) bond motifs is 7. The van der Waals surface area contributed by atoms with E-state index in [1.807, 2.05) is 0 Å². The van der Waals surface area contributed by atoms with Crippen LogP contribution in [0.5, 0.6) is 0 Å². The molecule has 3 saturated heterocycles. The van der Waals surface area contributed by atoms with Crippen molar-refractivity contribution in [2.75, 3.05) is 13.2 Å². The lowest BCUT2D eigenvalue weighted by molar-refractivity contribution is -0.334. The third-order valence-electron chi connectivity index (χ3n) is 13.4. The van der Waals surface area contributed by atoms with Crippen molar-refractivity contribution in [1.82, 2.24) is 0 Å². The van der Waals surface area contributed by atoms with Crippen LogP contribution in [0.2, 0.25) is 0 Å². The molecular formula is C33H50O10. The Morgan fingerprint density at radius 1 is 1.02 bits per heavy atom. The van der Waals surface area contributed by atoms with Gasteiger partial charge in [-0.1, -0.05) is 44.6 Å². The van der Waals surface area contributed by atoms with Gasteiger partial charge in [-0.2, -0.15) is 0 Å². The van der Waals surface area contributed by atoms with Crippen LogP contribution in [0.1, 0.15) is 65.7 Å². The van der Waals surface area contributed by atoms with Crippen molar-refractivity contribution in [2.24, 2.45) is 40.4 Å². The molecule has 0 aromatic heterocycles. The van der Waals surface area contributed by atoms with Crippen LogP contribution in [0.15, 0.2) is 23.8 Å². The molecule has 43 heavy (non-hydrogen) atoms. The van der Waals surface area contributed by atoms with E-state index in [2.05, 4.69) is 33.4 Å². The van der Waals surface area contributed by atoms with Gasteiger partial charge < -0.3 is 49.6 Å². The Labute approximate surface area is 253 Å². The van der Waals surface area contributed by atoms with Crippen LogP contribution >= 0.6 is 0 Å². The Balaban J connectivity index is 1.17. The van der Waals surface area contributed by atoms with Gasteiger partial charge >= 0.3 is 0 Å². The number of aliphatic hydroxyl groups excluding tert-OH is 6. The molecule has 0 radical (unpaired) electrons. The average Bonchev–Trinajstić information content (AvgIpc) is 3.43. The second-order valence-electron chi connectivity index (χ2n) is 15.2. The summed E-state index contributed by atoms with van der Waals surface area (Å²) in [5.74, 6) is 1.02. The lowest BCUT2D eigenvalue weighted by Gasteiger charge is -2.61. The monoisotopic (exact) mass is 606 g/mol. The van der Waals surface area contributed by atoms with Gasteiger partial charge in [0.25, 0.3) is 0 Å². The van der Waals surface area contributed by atoms with E-state index < -0.39 is 66.8 Å². The summed E-state index contributed by atoms with van der Waals surface area (Å²) in [6, 6.07) is 0. The molecule has 0 aromatic carbocycles. The van der Waals surface area contributed by atoms with Gasteiger partial charge in [-0.05, 0) is 67.6 Å². The van der Waals surface area contributed by atoms with Crippen LogP contribution in [0.25, 0.3) is 0 Å². The number of rotatable bonds is 3. The molecule has 3 aliphatic heterocycles. The molecule has 0 bridgehead atoms. The van der Waals surface area contributed by atoms with Crippen molar-refractivity contribution in [1.29, 1.82) is 0 Å². The van der Waals surface area contributed by atoms with E-state index in [4.69, 9.17) is 18.9 Å². The minimum Gasteiger partial charge on any atom is -0.394 e. The maximum Gasteiger partial charge on any atom is 0.187 e. The van der Waals surface area contributed by atoms with Gasteiger partial charge in [0.15, 0.2) is 12.1 Å². The molecule has 7 rings (SSSR count). The zero-order chi connectivity index (χ0) is 30.6. The highest BCUT2D eigenvalue weighted by Gasteiger charge is 2.70. The van der Waals surface area contributed by atoms with Crippen LogP contribution in [-0.4, -0.2) is 105 Å². The summed E-state index contributed by atoms with van der Waals surface area (Å²) in [6.07, 6.45) is -2.15. The van der Waals surface area contributed by atoms with Gasteiger partial charge in [-0.25, -0.2) is 0 Å². The van der Waals surface area contributed by atoms with Crippen LogP contribution in [0, 0.1) is 40.4 Å². The molecule has 17 atom stereocenters. The van der Waals surface area contributed by atoms with Crippen LogP contribution in [-0.2, 0) is 18.9 Å². The molecule has 10 nitrogen and oxygen atoms in total. The van der Waals surface area contributed by atoms with Gasteiger partial charge in [0.1, 0.15) is 30.5 Å². The Kier molecular flexibility index (Phi) is 7.54. The number of aliphatic hydroxyl groups is 6. The predicted molar refractivity (Wildman–Crippen MR) is 153 cm³/mol. The first-order valence-corrected chi connectivity index (χ1v) is 16.4. The van der Waals surface area contributed by atoms with Crippen molar-refractivity contribution in [3.05, 3.63) is 23.8 Å². The summed E-state index contributed by atoms with van der Waals surface area (Å²) in [7, 11) is 0. The number of hydrogen-bond acceptors (Lipinski definition) is 10. The number of ether oxygens (including phenoxy) is 4. The Morgan fingerprint density at radius 3 is 2.49 bits per heavy atom. The quantitative estimate of drug-likeness (QED) is 0.260. The normalized spacial score (nSPS) is 58.0. The summed E-state index contributed by atoms with van der Waals surface area (Å²) in [6.45, 7) is 11.0. The van der Waals surface area contributed by atoms with Crippen molar-refractivity contribution in [2.45, 2.75) is 127 Å². The molecule has 0 unspecified atom stereocenters. The lowest BCUT2D eigenvalue weighted by atomic mass is 9.46. The minimum atomic E-state index is -1.59. The van der Waals surface area contributed by atoms with Gasteiger partial charge in [0, 0.05) is 17.8 Å². The average molecular weight is 607 g/mol. The molecule has 6 fully saturated rings. The van der Waals surface area contributed by atoms with E-state index in [9.17, 15) is 30.6 Å². The van der Waals surface area contributed by atoms with Gasteiger partial charge in [0.05, 0.1) is 31.5 Å². The Bertz CT molecular complexity index is 1130. The highest BCUT2D eigenvalue weighted by atomic mass is 16.7. The van der Waals surface area contributed by atoms with E-state index in [1.54, 1.807) is 0 Å². The molecule has 6 N–H and O–H groups in total. The Hall–Kier alpha value is -0.920. The third-order valence-corrected chi connectivity index (χ3v) is 13.4. The Morgan fingerprint density at radius 2 is 1.79 bits per heavy atom. The fourth-order valence-electron chi connectivity index (χ4n) is 11.1. The summed E-state index contributed by atoms with van der Waals surface area (Å²) in [5, 5.41) is 63.5. The molecule has 242 valence electrons. The first-order valence-electron chi connectivity index (χ1n) is 16.4. The maximum atomic E-state index is 11.4. The zero-order valence-corrected chi connectivity index (χ0v) is 25.5. The summed E-state index contributed by atoms with van der Waals surface area (Å²) in [4.78, 5) is 0. The zero-order valence-electron chi connectivity index (χ0n) is 25.5. The minimum absolute atomic E-state index is 0.0781. The molecule has 1 spiro atoms. The molecule has 10 heteroatoms. The van der Waals surface area contributed by atoms with Gasteiger partial charge in [0.2, 0.25) is 0 Å². The predicted octanol–water partition coefficient (Wildman–Crippen LogP) is 1.40. The van der Waals surface area contributed by atoms with Crippen molar-refractivity contribution in [3.63, 3.8) is 0 Å². The largest absolute Gasteiger partial charge is 0.394 e. The highest BCUT2D eigenvalue weighted by Crippen LogP contribution is 2.71. The molecule has 7 aliphatic rings. The molecule has 3 heterocycles. The second kappa shape index (κ2) is 10.6. The maximum absolute atomic E-state index is 11.4. The molecular weight excluding hydrogens is 556 g/mol. The first kappa shape index (κ1) is 30.7. The third kappa shape index (κ3) is 4.28. The van der Waals surface area contributed by atoms with E-state index >= 15 is 0 Å². The topological polar surface area (TPSA) is 158 Å². The van der Waals surface area contributed by atoms with Crippen molar-refractivity contribution < 1.29 is 49.6 Å². The molecule has 0 aromatic rings. The van der Waals surface area contributed by atoms with E-state index in [-0.39, 0.29) is 23.4 Å². The summed E-state index contributed by atoms with van der Waals surface area (Å²) in [5.41, 5.74) is 1.60. The summed E-state index contributed by atoms with van der Waals surface area (Å²) >= 11 is 0. The van der Waals surface area contributed by atoms with Gasteiger partial charge in [-0.3, -0.25) is 0 Å². The van der Waals surface area contributed by atoms with Gasteiger partial charge in [-0.15, -0.1) is 0 Å². The second-order valence-corrected chi connectivity index (χ2v) is 15.2. The molecule has 3 saturated carbocycles. The fraction of sp³-hybridized carbons (Fsp3) is 0.879. The smallest absolute Gasteiger partial charge is 0.187 e. The first-order chi connectivity index (χ1) is 20.4. The standard InChI is InChI=1S/C33H50O10/c1-15-7-10-33(40-14-15)16(2)24-22(43-33)12-20-18-6-5-17-11-21(35)25(36)29(32(17,4)19(18)8-9-31(20,24)3)42-30-28(39)27(38)26(37)23(13-34)41-30/h5,16,18-30,34-39H,1,6-14H2,2-4H3/t16-,18+,19-,20-,21+,22-,23+,24-,25-,26-,27-,28+,29+,30-,31-,32-,33+/m0/s1.